The highest BCUT2D eigenvalue weighted by Crippen LogP contribution is 2.32. The first-order valence-corrected chi connectivity index (χ1v) is 8.50. The summed E-state index contributed by atoms with van der Waals surface area (Å²) in [6.07, 6.45) is 5.95. The van der Waals surface area contributed by atoms with E-state index in [1.807, 2.05) is 0 Å². The van der Waals surface area contributed by atoms with Crippen molar-refractivity contribution in [2.45, 2.75) is 6.92 Å². The van der Waals surface area contributed by atoms with Crippen molar-refractivity contribution in [3.63, 3.8) is 0 Å². The number of benzene rings is 1. The van der Waals surface area contributed by atoms with Gasteiger partial charge in [0, 0.05) is 30.6 Å². The number of nitrogens with one attached hydrogen (secondary N) is 4. The molecule has 0 bridgehead atoms. The average molecular weight is 378 g/mol. The first-order valence-electron chi connectivity index (χ1n) is 8.50. The Bertz CT molecular complexity index is 1060. The summed E-state index contributed by atoms with van der Waals surface area (Å²) in [6.45, 7) is 1.69. The van der Waals surface area contributed by atoms with Crippen LogP contribution in [0, 0.1) is 18.2 Å². The molecule has 4 N–H and O–H groups in total. The van der Waals surface area contributed by atoms with Gasteiger partial charge in [0.1, 0.15) is 17.5 Å². The molecule has 2 heterocycles. The molecule has 142 valence electrons. The minimum absolute atomic E-state index is 0.286. The molecule has 1 aromatic carbocycles. The van der Waals surface area contributed by atoms with E-state index in [1.165, 1.54) is 13.1 Å². The highest BCUT2D eigenvalue weighted by atomic mass is 19.1. The molecule has 3 aromatic rings. The fourth-order valence-corrected chi connectivity index (χ4v) is 2.65. The summed E-state index contributed by atoms with van der Waals surface area (Å²) in [7, 11) is 1.52. The molecular weight excluding hydrogens is 359 g/mol. The van der Waals surface area contributed by atoms with E-state index in [-0.39, 0.29) is 11.8 Å². The number of aryl methyl sites for hydroxylation is 1. The molecule has 3 rings (SSSR count). The predicted octanol–water partition coefficient (Wildman–Crippen LogP) is 4.00. The first kappa shape index (κ1) is 19.0. The Morgan fingerprint density at radius 3 is 2.79 bits per heavy atom. The standard InChI is InChI=1S/C20H19FN6O/c1-12-10-13(5-6-15(12)21)18-19(26-16(25-18)4-3-8-22)14-7-9-24-17(11-14)27-20(28)23-2/h3-11,22H,1-2H3,(H,25,26)(H2,23,24,27,28)/b4-3-,22-8?. The second kappa shape index (κ2) is 8.26. The Kier molecular flexibility index (Phi) is 5.59. The number of anilines is 1. The maximum absolute atomic E-state index is 13.7. The first-order chi connectivity index (χ1) is 13.5. The van der Waals surface area contributed by atoms with E-state index in [4.69, 9.17) is 5.41 Å². The molecule has 8 heteroatoms. The zero-order chi connectivity index (χ0) is 20.1. The SMILES string of the molecule is CNC(=O)Nc1cc(-c2[nH]c(/C=C\C=N)nc2-c2ccc(F)c(C)c2)ccn1. The van der Waals surface area contributed by atoms with Crippen LogP contribution in [0.25, 0.3) is 28.6 Å². The molecule has 0 saturated heterocycles. The number of aromatic amines is 1. The van der Waals surface area contributed by atoms with E-state index < -0.39 is 0 Å². The summed E-state index contributed by atoms with van der Waals surface area (Å²) >= 11 is 0. The molecule has 28 heavy (non-hydrogen) atoms. The number of carbonyl (C=O) groups is 1. The number of rotatable bonds is 5. The molecular formula is C20H19FN6O. The van der Waals surface area contributed by atoms with Gasteiger partial charge in [-0.3, -0.25) is 5.32 Å². The summed E-state index contributed by atoms with van der Waals surface area (Å²) in [4.78, 5) is 23.5. The summed E-state index contributed by atoms with van der Waals surface area (Å²) in [6, 6.07) is 7.92. The smallest absolute Gasteiger partial charge is 0.320 e. The molecule has 7 nitrogen and oxygen atoms in total. The lowest BCUT2D eigenvalue weighted by molar-refractivity contribution is 0.254. The van der Waals surface area contributed by atoms with Crippen LogP contribution in [0.3, 0.4) is 0 Å². The van der Waals surface area contributed by atoms with Crippen molar-refractivity contribution in [3.05, 3.63) is 59.8 Å². The van der Waals surface area contributed by atoms with Crippen molar-refractivity contribution in [3.8, 4) is 22.5 Å². The van der Waals surface area contributed by atoms with Gasteiger partial charge in [-0.05, 0) is 55.0 Å². The van der Waals surface area contributed by atoms with Crippen molar-refractivity contribution in [1.82, 2.24) is 20.3 Å². The fourth-order valence-electron chi connectivity index (χ4n) is 2.65. The highest BCUT2D eigenvalue weighted by Gasteiger charge is 2.15. The van der Waals surface area contributed by atoms with Crippen LogP contribution in [0.2, 0.25) is 0 Å². The maximum Gasteiger partial charge on any atom is 0.320 e. The third-order valence-electron chi connectivity index (χ3n) is 4.02. The van der Waals surface area contributed by atoms with E-state index >= 15 is 0 Å². The van der Waals surface area contributed by atoms with Crippen molar-refractivity contribution >= 4 is 24.1 Å². The van der Waals surface area contributed by atoms with Gasteiger partial charge in [0.25, 0.3) is 0 Å². The van der Waals surface area contributed by atoms with Crippen molar-refractivity contribution in [2.75, 3.05) is 12.4 Å². The number of H-pyrrole nitrogens is 1. The van der Waals surface area contributed by atoms with Crippen molar-refractivity contribution in [2.24, 2.45) is 0 Å². The Hall–Kier alpha value is -3.81. The number of pyridine rings is 1. The molecule has 2 amide bonds. The normalized spacial score (nSPS) is 10.8. The zero-order valence-corrected chi connectivity index (χ0v) is 15.4. The topological polar surface area (TPSA) is 107 Å². The van der Waals surface area contributed by atoms with E-state index in [1.54, 1.807) is 49.5 Å². The predicted molar refractivity (Wildman–Crippen MR) is 108 cm³/mol. The molecule has 0 aliphatic carbocycles. The van der Waals surface area contributed by atoms with Gasteiger partial charge in [0.05, 0.1) is 11.4 Å². The Balaban J connectivity index is 2.11. The summed E-state index contributed by atoms with van der Waals surface area (Å²) in [5.41, 5.74) is 3.33. The number of halogens is 1. The van der Waals surface area contributed by atoms with E-state index in [0.29, 0.717) is 28.6 Å². The highest BCUT2D eigenvalue weighted by molar-refractivity contribution is 5.89. The largest absolute Gasteiger partial charge is 0.341 e. The second-order valence-electron chi connectivity index (χ2n) is 5.97. The van der Waals surface area contributed by atoms with Gasteiger partial charge in [-0.2, -0.15) is 0 Å². The minimum Gasteiger partial charge on any atom is -0.341 e. The van der Waals surface area contributed by atoms with Gasteiger partial charge in [-0.15, -0.1) is 0 Å². The van der Waals surface area contributed by atoms with Crippen LogP contribution in [0.5, 0.6) is 0 Å². The Morgan fingerprint density at radius 2 is 2.07 bits per heavy atom. The van der Waals surface area contributed by atoms with Crippen LogP contribution in [0.1, 0.15) is 11.4 Å². The summed E-state index contributed by atoms with van der Waals surface area (Å²) in [5.74, 6) is 0.642. The average Bonchev–Trinajstić information content (AvgIpc) is 3.13. The number of imidazole rings is 1. The Labute approximate surface area is 161 Å². The number of carbonyl (C=O) groups excluding carboxylic acids is 1. The molecule has 0 fully saturated rings. The van der Waals surface area contributed by atoms with Gasteiger partial charge < -0.3 is 15.7 Å². The van der Waals surface area contributed by atoms with Crippen LogP contribution >= 0.6 is 0 Å². The van der Waals surface area contributed by atoms with Crippen LogP contribution in [0.15, 0.2) is 42.6 Å². The van der Waals surface area contributed by atoms with E-state index in [0.717, 1.165) is 17.3 Å². The second-order valence-corrected chi connectivity index (χ2v) is 5.97. The molecule has 2 aromatic heterocycles. The fraction of sp³-hybridized carbons (Fsp3) is 0.100. The quantitative estimate of drug-likeness (QED) is 0.504. The number of hydrogen-bond acceptors (Lipinski definition) is 4. The minimum atomic E-state index is -0.377. The number of urea groups is 1. The summed E-state index contributed by atoms with van der Waals surface area (Å²) < 4.78 is 13.7. The van der Waals surface area contributed by atoms with Gasteiger partial charge in [0.2, 0.25) is 0 Å². The molecule has 0 aliphatic rings. The molecule has 0 spiro atoms. The molecule has 0 saturated carbocycles. The third kappa shape index (κ3) is 4.12. The van der Waals surface area contributed by atoms with Gasteiger partial charge >= 0.3 is 6.03 Å². The number of amides is 2. The van der Waals surface area contributed by atoms with Crippen LogP contribution in [0.4, 0.5) is 15.0 Å². The lowest BCUT2D eigenvalue weighted by Gasteiger charge is -2.07. The van der Waals surface area contributed by atoms with Crippen LogP contribution in [-0.4, -0.2) is 34.2 Å². The lowest BCUT2D eigenvalue weighted by Crippen LogP contribution is -2.24. The molecule has 0 aliphatic heterocycles. The number of nitrogens with zero attached hydrogens (tertiary/aromatic N) is 2. The maximum atomic E-state index is 13.7. The number of allylic oxidation sites excluding steroid dienone is 1. The monoisotopic (exact) mass is 378 g/mol. The Morgan fingerprint density at radius 1 is 1.25 bits per heavy atom. The van der Waals surface area contributed by atoms with Crippen molar-refractivity contribution in [1.29, 1.82) is 5.41 Å². The van der Waals surface area contributed by atoms with Gasteiger partial charge in [-0.1, -0.05) is 0 Å². The van der Waals surface area contributed by atoms with Gasteiger partial charge in [0.15, 0.2) is 0 Å². The van der Waals surface area contributed by atoms with Gasteiger partial charge in [-0.25, -0.2) is 19.2 Å². The van der Waals surface area contributed by atoms with E-state index in [2.05, 4.69) is 25.6 Å². The number of hydrogen-bond donors (Lipinski definition) is 4. The molecule has 0 unspecified atom stereocenters. The van der Waals surface area contributed by atoms with Crippen LogP contribution < -0.4 is 10.6 Å². The van der Waals surface area contributed by atoms with Crippen molar-refractivity contribution < 1.29 is 9.18 Å². The van der Waals surface area contributed by atoms with Crippen LogP contribution in [-0.2, 0) is 0 Å². The molecule has 0 radical (unpaired) electrons. The third-order valence-corrected chi connectivity index (χ3v) is 4.02. The number of aromatic nitrogens is 3. The molecule has 0 atom stereocenters. The summed E-state index contributed by atoms with van der Waals surface area (Å²) in [5, 5.41) is 12.3. The van der Waals surface area contributed by atoms with E-state index in [9.17, 15) is 9.18 Å². The lowest BCUT2D eigenvalue weighted by atomic mass is 10.0. The zero-order valence-electron chi connectivity index (χ0n) is 15.4.